The first-order valence-corrected chi connectivity index (χ1v) is 21.0. The van der Waals surface area contributed by atoms with Crippen LogP contribution in [0.2, 0.25) is 0 Å². The van der Waals surface area contributed by atoms with E-state index in [2.05, 4.69) is 207 Å². The van der Waals surface area contributed by atoms with E-state index in [9.17, 15) is 0 Å². The van der Waals surface area contributed by atoms with Crippen molar-refractivity contribution in [3.8, 4) is 44.8 Å². The summed E-state index contributed by atoms with van der Waals surface area (Å²) in [5.74, 6) is 1.25. The molecule has 2 aromatic heterocycles. The number of rotatable bonds is 4. The molecule has 0 saturated heterocycles. The Morgan fingerprint density at radius 1 is 0.328 bits per heavy atom. The summed E-state index contributed by atoms with van der Waals surface area (Å²) in [5, 5.41) is 5.38. The van der Waals surface area contributed by atoms with Gasteiger partial charge in [-0.3, -0.25) is 0 Å². The molecule has 2 heterocycles. The van der Waals surface area contributed by atoms with Gasteiger partial charge in [0.15, 0.2) is 0 Å². The van der Waals surface area contributed by atoms with Crippen molar-refractivity contribution in [2.24, 2.45) is 0 Å². The van der Waals surface area contributed by atoms with Gasteiger partial charge in [-0.05, 0) is 140 Å². The minimum absolute atomic E-state index is 0.304. The van der Waals surface area contributed by atoms with Gasteiger partial charge in [0.1, 0.15) is 0 Å². The monoisotopic (exact) mass is 744 g/mol. The second-order valence-corrected chi connectivity index (χ2v) is 17.0. The normalized spacial score (nSPS) is 18.3. The van der Waals surface area contributed by atoms with Crippen LogP contribution in [0.5, 0.6) is 0 Å². The Bertz CT molecular complexity index is 3040. The molecule has 0 saturated carbocycles. The van der Waals surface area contributed by atoms with Crippen LogP contribution in [0.4, 0.5) is 0 Å². The molecule has 4 atom stereocenters. The lowest BCUT2D eigenvalue weighted by molar-refractivity contribution is 0.584. The minimum Gasteiger partial charge on any atom is -0.309 e. The molecule has 0 radical (unpaired) electrons. The van der Waals surface area contributed by atoms with Crippen molar-refractivity contribution in [2.45, 2.75) is 51.4 Å². The lowest BCUT2D eigenvalue weighted by Crippen LogP contribution is -2.24. The molecule has 0 spiro atoms. The maximum atomic E-state index is 2.60. The van der Waals surface area contributed by atoms with Gasteiger partial charge in [0.2, 0.25) is 0 Å². The number of hydrogen-bond donors (Lipinski definition) is 0. The summed E-state index contributed by atoms with van der Waals surface area (Å²) >= 11 is 0. The van der Waals surface area contributed by atoms with Crippen molar-refractivity contribution < 1.29 is 0 Å². The molecular weight excluding hydrogens is 701 g/mol. The quantitative estimate of drug-likeness (QED) is 0.170. The van der Waals surface area contributed by atoms with Gasteiger partial charge in [0.05, 0.1) is 22.1 Å². The van der Waals surface area contributed by atoms with Gasteiger partial charge >= 0.3 is 0 Å². The summed E-state index contributed by atoms with van der Waals surface area (Å²) in [4.78, 5) is 0. The first kappa shape index (κ1) is 33.5. The van der Waals surface area contributed by atoms with Crippen molar-refractivity contribution in [1.82, 2.24) is 9.13 Å². The van der Waals surface area contributed by atoms with Crippen molar-refractivity contribution in [1.29, 1.82) is 0 Å². The van der Waals surface area contributed by atoms with Crippen molar-refractivity contribution in [3.63, 3.8) is 0 Å². The van der Waals surface area contributed by atoms with E-state index in [1.54, 1.807) is 0 Å². The SMILES string of the molecule is CC1c2cc3c4cc(-c5ccccc5)ccc4n(-c4ccccc4)c3c3c2-c2c(cc4c5cc(-c6ccccc6)ccc5n(-c5ccccc5)c4c2C1C)C(C)C3C. The van der Waals surface area contributed by atoms with E-state index in [1.165, 1.54) is 111 Å². The van der Waals surface area contributed by atoms with Crippen LogP contribution in [-0.4, -0.2) is 9.13 Å². The smallest absolute Gasteiger partial charge is 0.0582 e. The fourth-order valence-electron chi connectivity index (χ4n) is 11.0. The zero-order valence-corrected chi connectivity index (χ0v) is 33.4. The highest BCUT2D eigenvalue weighted by atomic mass is 15.0. The molecule has 2 aliphatic carbocycles. The average Bonchev–Trinajstić information content (AvgIpc) is 3.79. The number of aromatic nitrogens is 2. The van der Waals surface area contributed by atoms with Crippen LogP contribution in [0.15, 0.2) is 170 Å². The third-order valence-electron chi connectivity index (χ3n) is 14.1. The highest BCUT2D eigenvalue weighted by Gasteiger charge is 2.42. The van der Waals surface area contributed by atoms with Gasteiger partial charge in [-0.1, -0.05) is 137 Å². The Labute approximate surface area is 339 Å². The second kappa shape index (κ2) is 12.4. The molecule has 0 N–H and O–H groups in total. The van der Waals surface area contributed by atoms with Gasteiger partial charge in [-0.25, -0.2) is 0 Å². The molecule has 12 rings (SSSR count). The number of nitrogens with zero attached hydrogens (tertiary/aromatic N) is 2. The van der Waals surface area contributed by atoms with E-state index in [1.807, 2.05) is 0 Å². The summed E-state index contributed by atoms with van der Waals surface area (Å²) in [7, 11) is 0. The summed E-state index contributed by atoms with van der Waals surface area (Å²) < 4.78 is 5.16. The molecule has 0 fully saturated rings. The van der Waals surface area contributed by atoms with Gasteiger partial charge in [-0.2, -0.15) is 0 Å². The van der Waals surface area contributed by atoms with Gasteiger partial charge in [0.25, 0.3) is 0 Å². The Balaban J connectivity index is 1.24. The Hall–Kier alpha value is -6.64. The lowest BCUT2D eigenvalue weighted by atomic mass is 9.62. The fourth-order valence-corrected chi connectivity index (χ4v) is 11.0. The first-order chi connectivity index (χ1) is 28.5. The van der Waals surface area contributed by atoms with E-state index in [-0.39, 0.29) is 0 Å². The van der Waals surface area contributed by atoms with Crippen LogP contribution < -0.4 is 0 Å². The van der Waals surface area contributed by atoms with Crippen LogP contribution in [0.3, 0.4) is 0 Å². The number of hydrogen-bond acceptors (Lipinski definition) is 0. The molecule has 8 aromatic carbocycles. The van der Waals surface area contributed by atoms with Crippen LogP contribution in [0.25, 0.3) is 88.4 Å². The van der Waals surface area contributed by atoms with Crippen LogP contribution in [-0.2, 0) is 0 Å². The van der Waals surface area contributed by atoms with Crippen LogP contribution in [0, 0.1) is 0 Å². The minimum atomic E-state index is 0.304. The Morgan fingerprint density at radius 3 is 1.07 bits per heavy atom. The predicted molar refractivity (Wildman–Crippen MR) is 245 cm³/mol. The fraction of sp³-hybridized carbons (Fsp3) is 0.143. The molecule has 278 valence electrons. The topological polar surface area (TPSA) is 9.86 Å². The van der Waals surface area contributed by atoms with E-state index in [0.29, 0.717) is 23.7 Å². The number of benzene rings is 8. The van der Waals surface area contributed by atoms with Crippen molar-refractivity contribution in [3.05, 3.63) is 192 Å². The van der Waals surface area contributed by atoms with Crippen molar-refractivity contribution >= 4 is 43.6 Å². The largest absolute Gasteiger partial charge is 0.309 e. The predicted octanol–water partition coefficient (Wildman–Crippen LogP) is 15.3. The summed E-state index contributed by atoms with van der Waals surface area (Å²) in [6.45, 7) is 9.98. The lowest BCUT2D eigenvalue weighted by Gasteiger charge is -2.42. The highest BCUT2D eigenvalue weighted by molar-refractivity contribution is 6.17. The molecule has 58 heavy (non-hydrogen) atoms. The average molecular weight is 745 g/mol. The summed E-state index contributed by atoms with van der Waals surface area (Å²) in [5.41, 5.74) is 21.6. The zero-order valence-electron chi connectivity index (χ0n) is 33.4. The third kappa shape index (κ3) is 4.55. The second-order valence-electron chi connectivity index (χ2n) is 17.0. The zero-order chi connectivity index (χ0) is 38.8. The Morgan fingerprint density at radius 2 is 0.690 bits per heavy atom. The van der Waals surface area contributed by atoms with E-state index < -0.39 is 0 Å². The van der Waals surface area contributed by atoms with E-state index in [4.69, 9.17) is 0 Å². The van der Waals surface area contributed by atoms with Gasteiger partial charge in [-0.15, -0.1) is 0 Å². The molecule has 0 amide bonds. The Kier molecular flexibility index (Phi) is 7.18. The van der Waals surface area contributed by atoms with Gasteiger partial charge in [0, 0.05) is 32.9 Å². The highest BCUT2D eigenvalue weighted by Crippen LogP contribution is 2.61. The van der Waals surface area contributed by atoms with Crippen molar-refractivity contribution in [2.75, 3.05) is 0 Å². The van der Waals surface area contributed by atoms with E-state index >= 15 is 0 Å². The number of fused-ring (bicyclic) bond motifs is 8. The first-order valence-electron chi connectivity index (χ1n) is 21.0. The molecule has 0 bridgehead atoms. The van der Waals surface area contributed by atoms with E-state index in [0.717, 1.165) is 0 Å². The number of para-hydroxylation sites is 2. The molecule has 10 aromatic rings. The van der Waals surface area contributed by atoms with Crippen LogP contribution >= 0.6 is 0 Å². The molecule has 2 aliphatic rings. The molecular formula is C56H44N2. The summed E-state index contributed by atoms with van der Waals surface area (Å²) in [6, 6.07) is 63.3. The molecule has 2 heteroatoms. The standard InChI is InChI=1S/C56H44N2/c1-33-35(3)51-54-44(32-48-46-30-40(38-19-11-6-12-20-38)26-28-50(46)57(55(48)51)41-21-13-7-14-22-41)34(2)36(4)52-53(54)43(33)31-47-45-29-39(37-17-9-5-10-18-37)25-27-49(45)58(56(47)52)42-23-15-8-16-24-42/h5-36H,1-4H3. The molecule has 0 aliphatic heterocycles. The molecule has 2 nitrogen and oxygen atoms in total. The third-order valence-corrected chi connectivity index (χ3v) is 14.1. The maximum absolute atomic E-state index is 2.60. The molecule has 4 unspecified atom stereocenters. The van der Waals surface area contributed by atoms with Gasteiger partial charge < -0.3 is 9.13 Å². The summed E-state index contributed by atoms with van der Waals surface area (Å²) in [6.07, 6.45) is 0. The van der Waals surface area contributed by atoms with Crippen LogP contribution in [0.1, 0.15) is 73.6 Å². The maximum Gasteiger partial charge on any atom is 0.0582 e.